The third-order valence-electron chi connectivity index (χ3n) is 4.47. The Morgan fingerprint density at radius 3 is 2.41 bits per heavy atom. The molecule has 0 radical (unpaired) electrons. The van der Waals surface area contributed by atoms with E-state index in [1.165, 1.54) is 43.4 Å². The second-order valence-electron chi connectivity index (χ2n) is 5.54. The molecule has 2 heteroatoms. The predicted octanol–water partition coefficient (Wildman–Crippen LogP) is 3.86. The molecule has 1 aromatic carbocycles. The van der Waals surface area contributed by atoms with E-state index in [1.807, 2.05) is 17.8 Å². The van der Waals surface area contributed by atoms with Crippen molar-refractivity contribution in [2.75, 3.05) is 0 Å². The second kappa shape index (κ2) is 4.66. The van der Waals surface area contributed by atoms with Gasteiger partial charge in [-0.15, -0.1) is 11.8 Å². The van der Waals surface area contributed by atoms with Crippen molar-refractivity contribution in [3.8, 4) is 0 Å². The van der Waals surface area contributed by atoms with Crippen molar-refractivity contribution < 1.29 is 5.11 Å². The van der Waals surface area contributed by atoms with Crippen LogP contribution in [0.4, 0.5) is 0 Å². The van der Waals surface area contributed by atoms with Crippen molar-refractivity contribution in [1.29, 1.82) is 0 Å². The molecule has 0 aliphatic heterocycles. The first kappa shape index (κ1) is 11.6. The molecule has 17 heavy (non-hydrogen) atoms. The van der Waals surface area contributed by atoms with Crippen molar-refractivity contribution in [2.24, 2.45) is 5.41 Å². The highest BCUT2D eigenvalue weighted by atomic mass is 32.2. The van der Waals surface area contributed by atoms with Gasteiger partial charge in [-0.3, -0.25) is 0 Å². The molecule has 2 atom stereocenters. The van der Waals surface area contributed by atoms with Crippen LogP contribution < -0.4 is 0 Å². The maximum Gasteiger partial charge on any atom is 0.0719 e. The Labute approximate surface area is 108 Å². The molecule has 0 saturated heterocycles. The van der Waals surface area contributed by atoms with E-state index in [9.17, 15) is 5.11 Å². The number of aliphatic hydroxyl groups excluding tert-OH is 1. The van der Waals surface area contributed by atoms with Crippen LogP contribution in [0.3, 0.4) is 0 Å². The fourth-order valence-corrected chi connectivity index (χ4v) is 4.90. The molecule has 1 N–H and O–H groups in total. The molecular weight excluding hydrogens is 228 g/mol. The van der Waals surface area contributed by atoms with Crippen LogP contribution in [-0.4, -0.2) is 16.5 Å². The third kappa shape index (κ3) is 2.13. The van der Waals surface area contributed by atoms with Gasteiger partial charge in [-0.25, -0.2) is 0 Å². The van der Waals surface area contributed by atoms with Crippen molar-refractivity contribution >= 4 is 11.8 Å². The van der Waals surface area contributed by atoms with E-state index in [-0.39, 0.29) is 6.10 Å². The lowest BCUT2D eigenvalue weighted by molar-refractivity contribution is -0.0797. The molecule has 0 heterocycles. The maximum absolute atomic E-state index is 10.4. The van der Waals surface area contributed by atoms with E-state index < -0.39 is 0 Å². The predicted molar refractivity (Wildman–Crippen MR) is 72.2 cm³/mol. The first-order valence-electron chi connectivity index (χ1n) is 6.70. The van der Waals surface area contributed by atoms with Gasteiger partial charge in [-0.1, -0.05) is 37.5 Å². The van der Waals surface area contributed by atoms with Crippen LogP contribution in [0.1, 0.15) is 38.5 Å². The molecule has 3 rings (SSSR count). The molecule has 92 valence electrons. The number of benzene rings is 1. The minimum atomic E-state index is -0.0759. The van der Waals surface area contributed by atoms with Crippen LogP contribution in [0, 0.1) is 5.41 Å². The topological polar surface area (TPSA) is 20.2 Å². The van der Waals surface area contributed by atoms with Gasteiger partial charge in [-0.05, 0) is 36.8 Å². The molecule has 1 nitrogen and oxygen atoms in total. The summed E-state index contributed by atoms with van der Waals surface area (Å²) < 4.78 is 0. The summed E-state index contributed by atoms with van der Waals surface area (Å²) in [5, 5.41) is 10.8. The van der Waals surface area contributed by atoms with E-state index in [2.05, 4.69) is 24.3 Å². The van der Waals surface area contributed by atoms with Crippen LogP contribution in [0.15, 0.2) is 35.2 Å². The van der Waals surface area contributed by atoms with E-state index in [0.29, 0.717) is 10.7 Å². The Hall–Kier alpha value is -0.470. The SMILES string of the molecule is O[C@H]1[C@H](Sc2ccccc2)CC12CCCCC2. The van der Waals surface area contributed by atoms with Gasteiger partial charge in [-0.2, -0.15) is 0 Å². The van der Waals surface area contributed by atoms with Crippen molar-refractivity contribution in [3.63, 3.8) is 0 Å². The largest absolute Gasteiger partial charge is 0.391 e. The molecule has 0 unspecified atom stereocenters. The summed E-state index contributed by atoms with van der Waals surface area (Å²) >= 11 is 1.86. The van der Waals surface area contributed by atoms with E-state index in [4.69, 9.17) is 0 Å². The fraction of sp³-hybridized carbons (Fsp3) is 0.600. The Morgan fingerprint density at radius 1 is 1.06 bits per heavy atom. The lowest BCUT2D eigenvalue weighted by Gasteiger charge is -2.54. The zero-order valence-electron chi connectivity index (χ0n) is 10.1. The van der Waals surface area contributed by atoms with E-state index >= 15 is 0 Å². The first-order chi connectivity index (χ1) is 8.30. The molecule has 1 spiro atoms. The highest BCUT2D eigenvalue weighted by molar-refractivity contribution is 8.00. The lowest BCUT2D eigenvalue weighted by atomic mass is 9.58. The minimum Gasteiger partial charge on any atom is -0.391 e. The summed E-state index contributed by atoms with van der Waals surface area (Å²) in [7, 11) is 0. The number of rotatable bonds is 2. The summed E-state index contributed by atoms with van der Waals surface area (Å²) in [6, 6.07) is 10.5. The van der Waals surface area contributed by atoms with Crippen molar-refractivity contribution in [3.05, 3.63) is 30.3 Å². The molecule has 2 saturated carbocycles. The lowest BCUT2D eigenvalue weighted by Crippen LogP contribution is -2.55. The summed E-state index contributed by atoms with van der Waals surface area (Å²) in [4.78, 5) is 1.29. The molecule has 0 bridgehead atoms. The summed E-state index contributed by atoms with van der Waals surface area (Å²) in [6.45, 7) is 0. The zero-order valence-corrected chi connectivity index (χ0v) is 11.0. The Kier molecular flexibility index (Phi) is 3.18. The standard InChI is InChI=1S/C15H20OS/c16-14-13(17-12-7-3-1-4-8-12)11-15(14)9-5-2-6-10-15/h1,3-4,7-8,13-14,16H,2,5-6,9-11H2/t13-,14+/m1/s1. The van der Waals surface area contributed by atoms with Gasteiger partial charge in [0.15, 0.2) is 0 Å². The van der Waals surface area contributed by atoms with Crippen LogP contribution in [0.25, 0.3) is 0 Å². The van der Waals surface area contributed by atoms with Gasteiger partial charge in [0.25, 0.3) is 0 Å². The minimum absolute atomic E-state index is 0.0759. The van der Waals surface area contributed by atoms with Gasteiger partial charge in [0, 0.05) is 10.1 Å². The second-order valence-corrected chi connectivity index (χ2v) is 6.85. The van der Waals surface area contributed by atoms with E-state index in [0.717, 1.165) is 0 Å². The molecule has 0 aromatic heterocycles. The van der Waals surface area contributed by atoms with Crippen molar-refractivity contribution in [1.82, 2.24) is 0 Å². The summed E-state index contributed by atoms with van der Waals surface area (Å²) in [5.41, 5.74) is 0.296. The Morgan fingerprint density at radius 2 is 1.76 bits per heavy atom. The quantitative estimate of drug-likeness (QED) is 0.857. The molecule has 2 aliphatic rings. The number of aliphatic hydroxyl groups is 1. The molecule has 2 aliphatic carbocycles. The van der Waals surface area contributed by atoms with Crippen LogP contribution >= 0.6 is 11.8 Å². The van der Waals surface area contributed by atoms with Crippen LogP contribution in [0.5, 0.6) is 0 Å². The van der Waals surface area contributed by atoms with Gasteiger partial charge >= 0.3 is 0 Å². The van der Waals surface area contributed by atoms with Gasteiger partial charge in [0.05, 0.1) is 6.10 Å². The number of hydrogen-bond acceptors (Lipinski definition) is 2. The highest BCUT2D eigenvalue weighted by Crippen LogP contribution is 2.56. The molecule has 2 fully saturated rings. The average molecular weight is 248 g/mol. The van der Waals surface area contributed by atoms with Gasteiger partial charge < -0.3 is 5.11 Å². The fourth-order valence-electron chi connectivity index (χ4n) is 3.40. The number of hydrogen-bond donors (Lipinski definition) is 1. The third-order valence-corrected chi connectivity index (χ3v) is 5.74. The average Bonchev–Trinajstić information content (AvgIpc) is 2.40. The molecular formula is C15H20OS. The van der Waals surface area contributed by atoms with Crippen molar-refractivity contribution in [2.45, 2.75) is 54.8 Å². The molecule has 1 aromatic rings. The van der Waals surface area contributed by atoms with Crippen LogP contribution in [0.2, 0.25) is 0 Å². The molecule has 0 amide bonds. The Bertz CT molecular complexity index is 370. The number of thioether (sulfide) groups is 1. The van der Waals surface area contributed by atoms with Gasteiger partial charge in [0.1, 0.15) is 0 Å². The monoisotopic (exact) mass is 248 g/mol. The normalized spacial score (nSPS) is 31.1. The van der Waals surface area contributed by atoms with E-state index in [1.54, 1.807) is 0 Å². The van der Waals surface area contributed by atoms with Crippen LogP contribution in [-0.2, 0) is 0 Å². The first-order valence-corrected chi connectivity index (χ1v) is 7.58. The Balaban J connectivity index is 1.62. The summed E-state index contributed by atoms with van der Waals surface area (Å²) in [5.74, 6) is 0. The van der Waals surface area contributed by atoms with Gasteiger partial charge in [0.2, 0.25) is 0 Å². The highest BCUT2D eigenvalue weighted by Gasteiger charge is 2.53. The smallest absolute Gasteiger partial charge is 0.0719 e. The summed E-state index contributed by atoms with van der Waals surface area (Å²) in [6.07, 6.45) is 7.64. The maximum atomic E-state index is 10.4. The zero-order chi connectivity index (χ0) is 11.7.